The lowest BCUT2D eigenvalue weighted by atomic mass is 10.2. The van der Waals surface area contributed by atoms with Gasteiger partial charge in [-0.3, -0.25) is 0 Å². The standard InChI is InChI=1S/C11H14N2/c1-9(8-12)10(2)13-11-6-4-3-5-7-11/h3-8,12-13H,1-2H3/b10-9-,12-8?. The maximum absolute atomic E-state index is 7.08. The summed E-state index contributed by atoms with van der Waals surface area (Å²) in [6.07, 6.45) is 1.35. The van der Waals surface area contributed by atoms with Crippen LogP contribution in [0.2, 0.25) is 0 Å². The van der Waals surface area contributed by atoms with Crippen LogP contribution in [-0.2, 0) is 0 Å². The highest BCUT2D eigenvalue weighted by Gasteiger charge is 1.93. The molecule has 0 heterocycles. The molecular weight excluding hydrogens is 160 g/mol. The molecule has 0 radical (unpaired) electrons. The lowest BCUT2D eigenvalue weighted by Gasteiger charge is -2.07. The summed E-state index contributed by atoms with van der Waals surface area (Å²) in [6, 6.07) is 9.94. The molecule has 0 saturated carbocycles. The van der Waals surface area contributed by atoms with Crippen molar-refractivity contribution < 1.29 is 0 Å². The normalized spacial score (nSPS) is 11.8. The number of rotatable bonds is 3. The van der Waals surface area contributed by atoms with Crippen molar-refractivity contribution in [2.24, 2.45) is 0 Å². The molecule has 1 rings (SSSR count). The molecule has 0 aliphatic heterocycles. The molecule has 0 saturated heterocycles. The number of hydrogen-bond acceptors (Lipinski definition) is 2. The van der Waals surface area contributed by atoms with E-state index in [1.807, 2.05) is 44.2 Å². The molecule has 0 bridgehead atoms. The summed E-state index contributed by atoms with van der Waals surface area (Å²) in [6.45, 7) is 3.88. The van der Waals surface area contributed by atoms with Gasteiger partial charge in [0, 0.05) is 17.6 Å². The predicted octanol–water partition coefficient (Wildman–Crippen LogP) is 3.04. The molecule has 68 valence electrons. The first-order valence-electron chi connectivity index (χ1n) is 4.24. The van der Waals surface area contributed by atoms with Crippen molar-refractivity contribution in [2.45, 2.75) is 13.8 Å². The highest BCUT2D eigenvalue weighted by atomic mass is 14.9. The topological polar surface area (TPSA) is 35.9 Å². The van der Waals surface area contributed by atoms with E-state index in [0.29, 0.717) is 0 Å². The van der Waals surface area contributed by atoms with E-state index >= 15 is 0 Å². The fraction of sp³-hybridized carbons (Fsp3) is 0.182. The average Bonchev–Trinajstić information content (AvgIpc) is 2.18. The Hall–Kier alpha value is -1.57. The molecule has 13 heavy (non-hydrogen) atoms. The van der Waals surface area contributed by atoms with E-state index in [0.717, 1.165) is 17.0 Å². The van der Waals surface area contributed by atoms with E-state index < -0.39 is 0 Å². The van der Waals surface area contributed by atoms with Gasteiger partial charge >= 0.3 is 0 Å². The number of para-hydroxylation sites is 1. The van der Waals surface area contributed by atoms with Crippen LogP contribution in [0.25, 0.3) is 0 Å². The first-order chi connectivity index (χ1) is 6.24. The quantitative estimate of drug-likeness (QED) is 0.679. The van der Waals surface area contributed by atoms with Crippen molar-refractivity contribution in [3.8, 4) is 0 Å². The molecule has 0 atom stereocenters. The lowest BCUT2D eigenvalue weighted by Crippen LogP contribution is -1.98. The minimum Gasteiger partial charge on any atom is -0.359 e. The van der Waals surface area contributed by atoms with E-state index in [4.69, 9.17) is 5.41 Å². The fourth-order valence-corrected chi connectivity index (χ4v) is 0.945. The molecule has 2 N–H and O–H groups in total. The maximum Gasteiger partial charge on any atom is 0.0381 e. The lowest BCUT2D eigenvalue weighted by molar-refractivity contribution is 1.31. The molecule has 2 heteroatoms. The number of hydrogen-bond donors (Lipinski definition) is 2. The summed E-state index contributed by atoms with van der Waals surface area (Å²) >= 11 is 0. The molecule has 0 aliphatic rings. The van der Waals surface area contributed by atoms with Crippen LogP contribution < -0.4 is 5.32 Å². The zero-order chi connectivity index (χ0) is 9.68. The van der Waals surface area contributed by atoms with Crippen LogP contribution in [0, 0.1) is 5.41 Å². The van der Waals surface area contributed by atoms with Crippen molar-refractivity contribution in [3.05, 3.63) is 41.6 Å². The second-order valence-electron chi connectivity index (χ2n) is 2.94. The zero-order valence-electron chi connectivity index (χ0n) is 7.96. The third-order valence-electron chi connectivity index (χ3n) is 1.91. The van der Waals surface area contributed by atoms with Crippen LogP contribution in [0.4, 0.5) is 5.69 Å². The Morgan fingerprint density at radius 1 is 1.23 bits per heavy atom. The fourth-order valence-electron chi connectivity index (χ4n) is 0.945. The Kier molecular flexibility index (Phi) is 3.26. The summed E-state index contributed by atoms with van der Waals surface area (Å²) in [5, 5.41) is 10.3. The van der Waals surface area contributed by atoms with E-state index in [1.165, 1.54) is 6.21 Å². The van der Waals surface area contributed by atoms with Gasteiger partial charge in [0.15, 0.2) is 0 Å². The van der Waals surface area contributed by atoms with Crippen LogP contribution in [0.1, 0.15) is 13.8 Å². The van der Waals surface area contributed by atoms with Crippen molar-refractivity contribution in [1.29, 1.82) is 5.41 Å². The average molecular weight is 174 g/mol. The summed E-state index contributed by atoms with van der Waals surface area (Å²) in [4.78, 5) is 0. The number of allylic oxidation sites excluding steroid dienone is 2. The van der Waals surface area contributed by atoms with Crippen LogP contribution in [0.3, 0.4) is 0 Å². The third kappa shape index (κ3) is 2.75. The molecule has 0 amide bonds. The van der Waals surface area contributed by atoms with Crippen molar-refractivity contribution in [1.82, 2.24) is 0 Å². The Bertz CT molecular complexity index is 312. The Labute approximate surface area is 78.8 Å². The van der Waals surface area contributed by atoms with Crippen molar-refractivity contribution >= 4 is 11.9 Å². The molecule has 0 spiro atoms. The number of anilines is 1. The first kappa shape index (κ1) is 9.52. The first-order valence-corrected chi connectivity index (χ1v) is 4.24. The predicted molar refractivity (Wildman–Crippen MR) is 57.2 cm³/mol. The van der Waals surface area contributed by atoms with Gasteiger partial charge in [0.2, 0.25) is 0 Å². The van der Waals surface area contributed by atoms with Crippen molar-refractivity contribution in [3.63, 3.8) is 0 Å². The smallest absolute Gasteiger partial charge is 0.0381 e. The van der Waals surface area contributed by atoms with E-state index in [1.54, 1.807) is 0 Å². The highest BCUT2D eigenvalue weighted by molar-refractivity contribution is 5.77. The largest absolute Gasteiger partial charge is 0.359 e. The third-order valence-corrected chi connectivity index (χ3v) is 1.91. The van der Waals surface area contributed by atoms with Gasteiger partial charge in [-0.2, -0.15) is 0 Å². The van der Waals surface area contributed by atoms with E-state index in [9.17, 15) is 0 Å². The maximum atomic E-state index is 7.08. The van der Waals surface area contributed by atoms with Gasteiger partial charge in [-0.25, -0.2) is 0 Å². The Balaban J connectivity index is 2.76. The van der Waals surface area contributed by atoms with Gasteiger partial charge < -0.3 is 10.7 Å². The molecule has 1 aromatic carbocycles. The molecule has 0 unspecified atom stereocenters. The van der Waals surface area contributed by atoms with Gasteiger partial charge in [-0.1, -0.05) is 18.2 Å². The Morgan fingerprint density at radius 3 is 2.38 bits per heavy atom. The van der Waals surface area contributed by atoms with Crippen LogP contribution >= 0.6 is 0 Å². The summed E-state index contributed by atoms with van der Waals surface area (Å²) < 4.78 is 0. The molecular formula is C11H14N2. The van der Waals surface area contributed by atoms with Crippen molar-refractivity contribution in [2.75, 3.05) is 5.32 Å². The molecule has 0 aliphatic carbocycles. The van der Waals surface area contributed by atoms with E-state index in [-0.39, 0.29) is 0 Å². The highest BCUT2D eigenvalue weighted by Crippen LogP contribution is 2.10. The van der Waals surface area contributed by atoms with E-state index in [2.05, 4.69) is 5.32 Å². The minimum atomic E-state index is 0.948. The van der Waals surface area contributed by atoms with Gasteiger partial charge in [-0.15, -0.1) is 0 Å². The molecule has 0 fully saturated rings. The Morgan fingerprint density at radius 2 is 1.85 bits per heavy atom. The molecule has 1 aromatic rings. The second-order valence-corrected chi connectivity index (χ2v) is 2.94. The monoisotopic (exact) mass is 174 g/mol. The number of nitrogens with one attached hydrogen (secondary N) is 2. The van der Waals surface area contributed by atoms with Gasteiger partial charge in [0.25, 0.3) is 0 Å². The minimum absolute atomic E-state index is 0.948. The molecule has 0 aromatic heterocycles. The van der Waals surface area contributed by atoms with Gasteiger partial charge in [0.05, 0.1) is 0 Å². The SMILES string of the molecule is C/C(C=N)=C(\C)Nc1ccccc1. The zero-order valence-corrected chi connectivity index (χ0v) is 7.96. The van der Waals surface area contributed by atoms with Gasteiger partial charge in [-0.05, 0) is 31.6 Å². The van der Waals surface area contributed by atoms with Crippen LogP contribution in [0.5, 0.6) is 0 Å². The van der Waals surface area contributed by atoms with Gasteiger partial charge in [0.1, 0.15) is 0 Å². The summed E-state index contributed by atoms with van der Waals surface area (Å²) in [5.41, 5.74) is 3.02. The number of benzene rings is 1. The van der Waals surface area contributed by atoms with Crippen LogP contribution in [0.15, 0.2) is 41.6 Å². The summed E-state index contributed by atoms with van der Waals surface area (Å²) in [5.74, 6) is 0. The van der Waals surface area contributed by atoms with Crippen LogP contribution in [-0.4, -0.2) is 6.21 Å². The second kappa shape index (κ2) is 4.45. The molecule has 2 nitrogen and oxygen atoms in total. The summed E-state index contributed by atoms with van der Waals surface area (Å²) in [7, 11) is 0.